The third-order valence-electron chi connectivity index (χ3n) is 5.71. The van der Waals surface area contributed by atoms with Gasteiger partial charge in [0.15, 0.2) is 5.69 Å². The SMILES string of the molecule is Cc1snnc1C(=O)N1Cc2cn(CC3CC3)nc2[C@@H](COCC2CC2)C1. The van der Waals surface area contributed by atoms with Crippen molar-refractivity contribution in [2.24, 2.45) is 11.8 Å². The summed E-state index contributed by atoms with van der Waals surface area (Å²) in [7, 11) is 0. The summed E-state index contributed by atoms with van der Waals surface area (Å²) < 4.78 is 12.0. The van der Waals surface area contributed by atoms with Gasteiger partial charge in [-0.15, -0.1) is 5.10 Å². The number of nitrogens with zero attached hydrogens (tertiary/aromatic N) is 5. The van der Waals surface area contributed by atoms with Gasteiger partial charge in [0.05, 0.1) is 17.2 Å². The van der Waals surface area contributed by atoms with Gasteiger partial charge in [-0.1, -0.05) is 4.49 Å². The van der Waals surface area contributed by atoms with Crippen molar-refractivity contribution >= 4 is 17.4 Å². The Hall–Kier alpha value is -1.80. The molecule has 0 unspecified atom stereocenters. The van der Waals surface area contributed by atoms with E-state index in [-0.39, 0.29) is 11.8 Å². The first-order valence-corrected chi connectivity index (χ1v) is 10.7. The Balaban J connectivity index is 1.36. The fourth-order valence-corrected chi connectivity index (χ4v) is 4.21. The van der Waals surface area contributed by atoms with E-state index < -0.39 is 0 Å². The van der Waals surface area contributed by atoms with Crippen LogP contribution in [0.15, 0.2) is 6.20 Å². The van der Waals surface area contributed by atoms with Gasteiger partial charge < -0.3 is 9.64 Å². The number of hydrogen-bond acceptors (Lipinski definition) is 6. The van der Waals surface area contributed by atoms with E-state index >= 15 is 0 Å². The van der Waals surface area contributed by atoms with Gasteiger partial charge >= 0.3 is 0 Å². The summed E-state index contributed by atoms with van der Waals surface area (Å²) >= 11 is 1.28. The Morgan fingerprint density at radius 2 is 2.07 bits per heavy atom. The number of aromatic nitrogens is 4. The van der Waals surface area contributed by atoms with E-state index in [1.165, 1.54) is 37.2 Å². The van der Waals surface area contributed by atoms with Crippen LogP contribution in [0.2, 0.25) is 0 Å². The second-order valence-corrected chi connectivity index (χ2v) is 9.20. The van der Waals surface area contributed by atoms with Gasteiger partial charge in [0.2, 0.25) is 0 Å². The number of aryl methyl sites for hydroxylation is 1. The maximum absolute atomic E-state index is 13.0. The molecule has 2 fully saturated rings. The molecule has 3 aliphatic rings. The maximum Gasteiger partial charge on any atom is 0.275 e. The molecule has 1 amide bonds. The van der Waals surface area contributed by atoms with Gasteiger partial charge in [-0.25, -0.2) is 0 Å². The monoisotopic (exact) mass is 387 g/mol. The largest absolute Gasteiger partial charge is 0.380 e. The molecule has 3 heterocycles. The van der Waals surface area contributed by atoms with Crippen LogP contribution in [0, 0.1) is 18.8 Å². The molecule has 2 saturated carbocycles. The minimum atomic E-state index is -0.0333. The van der Waals surface area contributed by atoms with Crippen molar-refractivity contribution in [1.29, 1.82) is 0 Å². The van der Waals surface area contributed by atoms with Gasteiger partial charge in [0.1, 0.15) is 0 Å². The molecule has 7 nitrogen and oxygen atoms in total. The molecule has 2 aromatic rings. The predicted molar refractivity (Wildman–Crippen MR) is 101 cm³/mol. The molecular weight excluding hydrogens is 362 g/mol. The van der Waals surface area contributed by atoms with Crippen molar-refractivity contribution in [3.05, 3.63) is 28.0 Å². The molecule has 0 saturated heterocycles. The lowest BCUT2D eigenvalue weighted by Gasteiger charge is -2.31. The average Bonchev–Trinajstić information content (AvgIpc) is 3.56. The van der Waals surface area contributed by atoms with Crippen LogP contribution in [-0.4, -0.2) is 49.9 Å². The van der Waals surface area contributed by atoms with Crippen LogP contribution in [0.5, 0.6) is 0 Å². The van der Waals surface area contributed by atoms with Gasteiger partial charge in [-0.3, -0.25) is 9.48 Å². The zero-order valence-corrected chi connectivity index (χ0v) is 16.5. The van der Waals surface area contributed by atoms with Gasteiger partial charge in [-0.2, -0.15) is 5.10 Å². The van der Waals surface area contributed by atoms with Crippen molar-refractivity contribution in [1.82, 2.24) is 24.3 Å². The highest BCUT2D eigenvalue weighted by Gasteiger charge is 2.34. The third-order valence-corrected chi connectivity index (χ3v) is 6.34. The van der Waals surface area contributed by atoms with Gasteiger partial charge in [0.25, 0.3) is 5.91 Å². The fraction of sp³-hybridized carbons (Fsp3) is 0.684. The minimum absolute atomic E-state index is 0.0333. The van der Waals surface area contributed by atoms with Crippen molar-refractivity contribution in [3.8, 4) is 0 Å². The Labute approximate surface area is 162 Å². The molecule has 0 bridgehead atoms. The van der Waals surface area contributed by atoms with Gasteiger partial charge in [0, 0.05) is 43.9 Å². The van der Waals surface area contributed by atoms with Crippen molar-refractivity contribution in [3.63, 3.8) is 0 Å². The van der Waals surface area contributed by atoms with E-state index in [1.54, 1.807) is 0 Å². The lowest BCUT2D eigenvalue weighted by molar-refractivity contribution is 0.0620. The molecule has 8 heteroatoms. The molecular formula is C19H25N5O2S. The average molecular weight is 388 g/mol. The topological polar surface area (TPSA) is 73.1 Å². The van der Waals surface area contributed by atoms with Crippen LogP contribution in [0.3, 0.4) is 0 Å². The van der Waals surface area contributed by atoms with E-state index in [0.29, 0.717) is 25.4 Å². The molecule has 27 heavy (non-hydrogen) atoms. The summed E-state index contributed by atoms with van der Waals surface area (Å²) in [5, 5.41) is 8.92. The molecule has 144 valence electrons. The number of fused-ring (bicyclic) bond motifs is 1. The lowest BCUT2D eigenvalue weighted by Crippen LogP contribution is -2.39. The van der Waals surface area contributed by atoms with E-state index in [4.69, 9.17) is 9.84 Å². The molecule has 1 aliphatic heterocycles. The second-order valence-electron chi connectivity index (χ2n) is 8.25. The zero-order chi connectivity index (χ0) is 18.4. The van der Waals surface area contributed by atoms with Crippen LogP contribution in [0.1, 0.15) is 58.2 Å². The number of ether oxygens (including phenoxy) is 1. The van der Waals surface area contributed by atoms with Crippen molar-refractivity contribution in [2.75, 3.05) is 19.8 Å². The highest BCUT2D eigenvalue weighted by Crippen LogP contribution is 2.34. The van der Waals surface area contributed by atoms with Crippen molar-refractivity contribution < 1.29 is 9.53 Å². The summed E-state index contributed by atoms with van der Waals surface area (Å²) in [5.41, 5.74) is 2.74. The number of hydrogen-bond donors (Lipinski definition) is 0. The summed E-state index contributed by atoms with van der Waals surface area (Å²) in [5.74, 6) is 1.61. The number of carbonyl (C=O) groups excluding carboxylic acids is 1. The van der Waals surface area contributed by atoms with Crippen LogP contribution in [-0.2, 0) is 17.8 Å². The first-order chi connectivity index (χ1) is 13.2. The van der Waals surface area contributed by atoms with E-state index in [1.807, 2.05) is 11.8 Å². The fourth-order valence-electron chi connectivity index (χ4n) is 3.75. The molecule has 0 spiro atoms. The van der Waals surface area contributed by atoms with E-state index in [9.17, 15) is 4.79 Å². The minimum Gasteiger partial charge on any atom is -0.380 e. The Morgan fingerprint density at radius 1 is 1.26 bits per heavy atom. The normalized spacial score (nSPS) is 22.1. The highest BCUT2D eigenvalue weighted by molar-refractivity contribution is 7.05. The molecule has 1 atom stereocenters. The smallest absolute Gasteiger partial charge is 0.275 e. The molecule has 5 rings (SSSR count). The summed E-state index contributed by atoms with van der Waals surface area (Å²) in [6, 6.07) is 0. The molecule has 0 radical (unpaired) electrons. The standard InChI is InChI=1S/C19H25N5O2S/c1-12-17(20-22-27-12)19(25)23-7-15-9-24(6-13-2-3-13)21-18(15)16(8-23)11-26-10-14-4-5-14/h9,13-14,16H,2-8,10-11H2,1H3/t16-/m1/s1. The summed E-state index contributed by atoms with van der Waals surface area (Å²) in [6.45, 7) is 5.57. The molecule has 0 aromatic carbocycles. The second kappa shape index (κ2) is 6.98. The third kappa shape index (κ3) is 3.78. The Kier molecular flexibility index (Phi) is 4.47. The number of carbonyl (C=O) groups is 1. The van der Waals surface area contributed by atoms with Crippen LogP contribution in [0.4, 0.5) is 0 Å². The van der Waals surface area contributed by atoms with E-state index in [0.717, 1.165) is 41.1 Å². The van der Waals surface area contributed by atoms with E-state index in [2.05, 4.69) is 20.5 Å². The summed E-state index contributed by atoms with van der Waals surface area (Å²) in [6.07, 6.45) is 7.31. The van der Waals surface area contributed by atoms with Crippen molar-refractivity contribution in [2.45, 2.75) is 51.6 Å². The maximum atomic E-state index is 13.0. The highest BCUT2D eigenvalue weighted by atomic mass is 32.1. The lowest BCUT2D eigenvalue weighted by atomic mass is 9.97. The number of rotatable bonds is 7. The van der Waals surface area contributed by atoms with Crippen LogP contribution in [0.25, 0.3) is 0 Å². The predicted octanol–water partition coefficient (Wildman–Crippen LogP) is 2.62. The molecule has 0 N–H and O–H groups in total. The Bertz CT molecular complexity index is 839. The first kappa shape index (κ1) is 17.3. The summed E-state index contributed by atoms with van der Waals surface area (Å²) in [4.78, 5) is 15.7. The number of amides is 1. The Morgan fingerprint density at radius 3 is 2.78 bits per heavy atom. The van der Waals surface area contributed by atoms with Crippen LogP contribution >= 0.6 is 11.5 Å². The first-order valence-electron chi connectivity index (χ1n) is 9.89. The zero-order valence-electron chi connectivity index (χ0n) is 15.6. The quantitative estimate of drug-likeness (QED) is 0.730. The van der Waals surface area contributed by atoms with Crippen LogP contribution < -0.4 is 0 Å². The molecule has 2 aromatic heterocycles. The molecule has 2 aliphatic carbocycles. The van der Waals surface area contributed by atoms with Gasteiger partial charge in [-0.05, 0) is 56.0 Å².